The van der Waals surface area contributed by atoms with E-state index in [1.54, 1.807) is 16.4 Å². The number of nitrogens with one attached hydrogen (secondary N) is 1. The molecular weight excluding hydrogens is 420 g/mol. The van der Waals surface area contributed by atoms with Crippen LogP contribution in [-0.4, -0.2) is 38.6 Å². The highest BCUT2D eigenvalue weighted by molar-refractivity contribution is 7.89. The molecule has 2 aromatic carbocycles. The monoisotopic (exact) mass is 446 g/mol. The quantitative estimate of drug-likeness (QED) is 0.699. The van der Waals surface area contributed by atoms with Gasteiger partial charge in [0, 0.05) is 19.5 Å². The number of carbonyl (C=O) groups is 1. The summed E-state index contributed by atoms with van der Waals surface area (Å²) in [4.78, 5) is 11.7. The van der Waals surface area contributed by atoms with Crippen LogP contribution in [0.4, 0.5) is 5.69 Å². The highest BCUT2D eigenvalue weighted by Gasteiger charge is 2.34. The molecule has 1 N–H and O–H groups in total. The van der Waals surface area contributed by atoms with Crippen LogP contribution in [-0.2, 0) is 21.4 Å². The first-order valence-corrected chi connectivity index (χ1v) is 11.7. The van der Waals surface area contributed by atoms with Gasteiger partial charge >= 0.3 is 0 Å². The Kier molecular flexibility index (Phi) is 6.06. The minimum absolute atomic E-state index is 0.0817. The number of fused-ring (bicyclic) bond motifs is 1. The molecule has 0 radical (unpaired) electrons. The van der Waals surface area contributed by atoms with E-state index in [-0.39, 0.29) is 30.2 Å². The molecule has 0 saturated heterocycles. The van der Waals surface area contributed by atoms with E-state index < -0.39 is 10.0 Å². The average Bonchev–Trinajstić information content (AvgIpc) is 3.43. The summed E-state index contributed by atoms with van der Waals surface area (Å²) >= 11 is 0. The molecule has 0 atom stereocenters. The molecule has 8 nitrogen and oxygen atoms in total. The van der Waals surface area contributed by atoms with Crippen molar-refractivity contribution in [2.45, 2.75) is 50.1 Å². The maximum atomic E-state index is 13.7. The number of hydrogen-bond acceptors (Lipinski definition) is 6. The number of carbonyl (C=O) groups excluding carboxylic acids is 1. The summed E-state index contributed by atoms with van der Waals surface area (Å²) in [5, 5.41) is 2.65. The Balaban J connectivity index is 1.69. The third-order valence-corrected chi connectivity index (χ3v) is 7.49. The number of anilines is 1. The predicted octanol–water partition coefficient (Wildman–Crippen LogP) is 3.52. The van der Waals surface area contributed by atoms with Gasteiger partial charge in [-0.2, -0.15) is 4.31 Å². The Labute approximate surface area is 182 Å². The zero-order chi connectivity index (χ0) is 22.0. The van der Waals surface area contributed by atoms with Crippen molar-refractivity contribution >= 4 is 21.6 Å². The average molecular weight is 447 g/mol. The minimum Gasteiger partial charge on any atom is -0.495 e. The van der Waals surface area contributed by atoms with Crippen molar-refractivity contribution in [3.63, 3.8) is 0 Å². The molecule has 0 aromatic heterocycles. The first kappa shape index (κ1) is 21.5. The lowest BCUT2D eigenvalue weighted by Crippen LogP contribution is -2.38. The van der Waals surface area contributed by atoms with E-state index in [1.165, 1.54) is 26.2 Å². The van der Waals surface area contributed by atoms with Gasteiger partial charge in [0.2, 0.25) is 22.7 Å². The van der Waals surface area contributed by atoms with Gasteiger partial charge in [-0.1, -0.05) is 18.9 Å². The molecule has 31 heavy (non-hydrogen) atoms. The van der Waals surface area contributed by atoms with Gasteiger partial charge in [-0.3, -0.25) is 4.79 Å². The van der Waals surface area contributed by atoms with E-state index in [9.17, 15) is 13.2 Å². The van der Waals surface area contributed by atoms with Crippen molar-refractivity contribution in [1.82, 2.24) is 4.31 Å². The largest absolute Gasteiger partial charge is 0.495 e. The number of sulfonamides is 1. The first-order valence-electron chi connectivity index (χ1n) is 10.2. The van der Waals surface area contributed by atoms with E-state index in [0.29, 0.717) is 22.9 Å². The van der Waals surface area contributed by atoms with Gasteiger partial charge in [0.25, 0.3) is 0 Å². The van der Waals surface area contributed by atoms with Crippen molar-refractivity contribution in [1.29, 1.82) is 0 Å². The maximum Gasteiger partial charge on any atom is 0.243 e. The Bertz CT molecular complexity index is 1080. The number of hydrogen-bond donors (Lipinski definition) is 1. The number of nitrogens with zero attached hydrogens (tertiary/aromatic N) is 1. The van der Waals surface area contributed by atoms with Gasteiger partial charge in [0.15, 0.2) is 11.5 Å². The highest BCUT2D eigenvalue weighted by atomic mass is 32.2. The molecule has 166 valence electrons. The summed E-state index contributed by atoms with van der Waals surface area (Å²) in [6.07, 6.45) is 3.63. The minimum atomic E-state index is -3.83. The molecule has 9 heteroatoms. The summed E-state index contributed by atoms with van der Waals surface area (Å²) in [7, 11) is -2.35. The van der Waals surface area contributed by atoms with Gasteiger partial charge in [0.1, 0.15) is 5.75 Å². The zero-order valence-electron chi connectivity index (χ0n) is 17.6. The van der Waals surface area contributed by atoms with Crippen LogP contribution < -0.4 is 19.5 Å². The number of methoxy groups -OCH3 is 1. The fraction of sp³-hybridized carbons (Fsp3) is 0.409. The number of ether oxygens (including phenoxy) is 3. The standard InChI is InChI=1S/C22H26N2O6S/c1-15(25)23-19-12-18(8-10-20(19)28-2)31(26,27)24(17-5-3-4-6-17)13-16-7-9-21-22(11-16)30-14-29-21/h7-12,17H,3-6,13-14H2,1-2H3,(H,23,25). The van der Waals surface area contributed by atoms with Crippen molar-refractivity contribution in [3.05, 3.63) is 42.0 Å². The number of rotatable bonds is 7. The maximum absolute atomic E-state index is 13.7. The molecule has 1 saturated carbocycles. The summed E-state index contributed by atoms with van der Waals surface area (Å²) < 4.78 is 45.1. The Morgan fingerprint density at radius 1 is 1.13 bits per heavy atom. The zero-order valence-corrected chi connectivity index (χ0v) is 18.4. The van der Waals surface area contributed by atoms with Crippen LogP contribution in [0.15, 0.2) is 41.3 Å². The van der Waals surface area contributed by atoms with Crippen LogP contribution in [0.25, 0.3) is 0 Å². The lowest BCUT2D eigenvalue weighted by Gasteiger charge is -2.28. The van der Waals surface area contributed by atoms with Gasteiger partial charge in [-0.15, -0.1) is 0 Å². The van der Waals surface area contributed by atoms with Crippen molar-refractivity contribution in [2.75, 3.05) is 19.2 Å². The molecule has 2 aromatic rings. The Morgan fingerprint density at radius 3 is 2.58 bits per heavy atom. The lowest BCUT2D eigenvalue weighted by atomic mass is 10.1. The molecule has 4 rings (SSSR count). The van der Waals surface area contributed by atoms with Crippen LogP contribution in [0, 0.1) is 0 Å². The molecule has 2 aliphatic rings. The smallest absolute Gasteiger partial charge is 0.243 e. The van der Waals surface area contributed by atoms with Gasteiger partial charge < -0.3 is 19.5 Å². The van der Waals surface area contributed by atoms with Gasteiger partial charge in [-0.25, -0.2) is 8.42 Å². The van der Waals surface area contributed by atoms with Crippen LogP contribution in [0.5, 0.6) is 17.2 Å². The van der Waals surface area contributed by atoms with Gasteiger partial charge in [-0.05, 0) is 48.7 Å². The summed E-state index contributed by atoms with van der Waals surface area (Å²) in [6.45, 7) is 1.76. The van der Waals surface area contributed by atoms with E-state index >= 15 is 0 Å². The van der Waals surface area contributed by atoms with Crippen LogP contribution in [0.2, 0.25) is 0 Å². The second-order valence-corrected chi connectivity index (χ2v) is 9.61. The molecule has 1 aliphatic heterocycles. The summed E-state index contributed by atoms with van der Waals surface area (Å²) in [5.74, 6) is 1.38. The number of benzene rings is 2. The topological polar surface area (TPSA) is 94.2 Å². The van der Waals surface area contributed by atoms with E-state index in [4.69, 9.17) is 14.2 Å². The summed E-state index contributed by atoms with van der Waals surface area (Å²) in [6, 6.07) is 9.95. The van der Waals surface area contributed by atoms with Crippen LogP contribution >= 0.6 is 0 Å². The Morgan fingerprint density at radius 2 is 1.87 bits per heavy atom. The second kappa shape index (κ2) is 8.76. The molecule has 0 unspecified atom stereocenters. The first-order chi connectivity index (χ1) is 14.9. The van der Waals surface area contributed by atoms with Gasteiger partial charge in [0.05, 0.1) is 17.7 Å². The molecule has 1 aliphatic carbocycles. The lowest BCUT2D eigenvalue weighted by molar-refractivity contribution is -0.114. The van der Waals surface area contributed by atoms with E-state index in [2.05, 4.69) is 5.32 Å². The normalized spacial score (nSPS) is 16.0. The van der Waals surface area contributed by atoms with Crippen LogP contribution in [0.3, 0.4) is 0 Å². The molecule has 1 fully saturated rings. The molecule has 0 spiro atoms. The molecule has 0 bridgehead atoms. The van der Waals surface area contributed by atoms with E-state index in [0.717, 1.165) is 31.2 Å². The second-order valence-electron chi connectivity index (χ2n) is 7.72. The fourth-order valence-corrected chi connectivity index (χ4v) is 5.79. The summed E-state index contributed by atoms with van der Waals surface area (Å²) in [5.41, 5.74) is 1.15. The Hall–Kier alpha value is -2.78. The molecule has 1 heterocycles. The molecular formula is C22H26N2O6S. The number of amides is 1. The van der Waals surface area contributed by atoms with Crippen molar-refractivity contribution < 1.29 is 27.4 Å². The third-order valence-electron chi connectivity index (χ3n) is 5.60. The molecule has 1 amide bonds. The van der Waals surface area contributed by atoms with E-state index in [1.807, 2.05) is 12.1 Å². The van der Waals surface area contributed by atoms with Crippen molar-refractivity contribution in [2.24, 2.45) is 0 Å². The SMILES string of the molecule is COc1ccc(S(=O)(=O)N(Cc2ccc3c(c2)OCO3)C2CCCC2)cc1NC(C)=O. The highest BCUT2D eigenvalue weighted by Crippen LogP contribution is 2.36. The van der Waals surface area contributed by atoms with Crippen molar-refractivity contribution in [3.8, 4) is 17.2 Å². The fourth-order valence-electron chi connectivity index (χ4n) is 4.09. The third kappa shape index (κ3) is 4.47. The predicted molar refractivity (Wildman–Crippen MR) is 115 cm³/mol. The van der Waals surface area contributed by atoms with Crippen LogP contribution in [0.1, 0.15) is 38.2 Å².